The van der Waals surface area contributed by atoms with Crippen molar-refractivity contribution in [2.45, 2.75) is 5.92 Å². The van der Waals surface area contributed by atoms with Crippen molar-refractivity contribution < 1.29 is 13.6 Å². The highest BCUT2D eigenvalue weighted by Gasteiger charge is 2.34. The van der Waals surface area contributed by atoms with Gasteiger partial charge in [0, 0.05) is 18.4 Å². The molecule has 0 bridgehead atoms. The zero-order chi connectivity index (χ0) is 14.8. The third-order valence-corrected chi connectivity index (χ3v) is 3.94. The molecule has 1 saturated heterocycles. The van der Waals surface area contributed by atoms with Gasteiger partial charge in [-0.2, -0.15) is 0 Å². The van der Waals surface area contributed by atoms with Crippen molar-refractivity contribution in [3.8, 4) is 0 Å². The average Bonchev–Trinajstić information content (AvgIpc) is 2.90. The summed E-state index contributed by atoms with van der Waals surface area (Å²) >= 11 is 0. The maximum Gasteiger partial charge on any atom is 0.151 e. The minimum absolute atomic E-state index is 0. The molecule has 0 amide bonds. The molecule has 3 rings (SSSR count). The summed E-state index contributed by atoms with van der Waals surface area (Å²) in [6.45, 7) is 0.932. The number of benzene rings is 2. The van der Waals surface area contributed by atoms with Gasteiger partial charge in [0.25, 0.3) is 0 Å². The Morgan fingerprint density at radius 3 is 1.73 bits per heavy atom. The number of carbonyl (C=O) groups is 1. The smallest absolute Gasteiger partial charge is 0.151 e. The van der Waals surface area contributed by atoms with Crippen LogP contribution in [-0.2, 0) is 4.79 Å². The molecule has 1 fully saturated rings. The summed E-state index contributed by atoms with van der Waals surface area (Å²) in [4.78, 5) is 12.1. The summed E-state index contributed by atoms with van der Waals surface area (Å²) in [5, 5.41) is 3.07. The molecule has 2 aromatic carbocycles. The van der Waals surface area contributed by atoms with E-state index in [4.69, 9.17) is 0 Å². The molecule has 1 atom stereocenters. The van der Waals surface area contributed by atoms with Gasteiger partial charge in [-0.25, -0.2) is 8.78 Å². The van der Waals surface area contributed by atoms with Crippen LogP contribution in [0.15, 0.2) is 48.5 Å². The van der Waals surface area contributed by atoms with Gasteiger partial charge >= 0.3 is 0 Å². The average molecular weight is 324 g/mol. The van der Waals surface area contributed by atoms with Gasteiger partial charge in [0.15, 0.2) is 5.78 Å². The van der Waals surface area contributed by atoms with Crippen LogP contribution in [0.5, 0.6) is 0 Å². The molecule has 0 aromatic heterocycles. The van der Waals surface area contributed by atoms with Crippen LogP contribution < -0.4 is 5.32 Å². The number of halogens is 3. The number of hydrogen-bond donors (Lipinski definition) is 1. The Hall–Kier alpha value is -1.78. The van der Waals surface area contributed by atoms with E-state index in [1.807, 2.05) is 0 Å². The van der Waals surface area contributed by atoms with Crippen LogP contribution in [0.25, 0.3) is 0 Å². The van der Waals surface area contributed by atoms with Crippen LogP contribution in [0, 0.1) is 17.6 Å². The molecule has 0 saturated carbocycles. The van der Waals surface area contributed by atoms with E-state index in [1.165, 1.54) is 24.3 Å². The van der Waals surface area contributed by atoms with Gasteiger partial charge in [0.05, 0.1) is 6.54 Å². The number of ketones is 1. The number of nitrogens with one attached hydrogen (secondary N) is 1. The van der Waals surface area contributed by atoms with Gasteiger partial charge in [-0.05, 0) is 35.4 Å². The summed E-state index contributed by atoms with van der Waals surface area (Å²) in [5.41, 5.74) is 1.73. The normalized spacial score (nSPS) is 17.6. The number of hydrogen-bond acceptors (Lipinski definition) is 2. The largest absolute Gasteiger partial charge is 0.309 e. The van der Waals surface area contributed by atoms with Crippen LogP contribution in [0.4, 0.5) is 8.78 Å². The molecular formula is C17H16ClF2NO. The lowest BCUT2D eigenvalue weighted by Gasteiger charge is -2.23. The van der Waals surface area contributed by atoms with E-state index in [-0.39, 0.29) is 41.7 Å². The van der Waals surface area contributed by atoms with Crippen LogP contribution >= 0.6 is 12.4 Å². The molecule has 2 nitrogen and oxygen atoms in total. The van der Waals surface area contributed by atoms with Gasteiger partial charge in [0.2, 0.25) is 0 Å². The van der Waals surface area contributed by atoms with Crippen molar-refractivity contribution in [1.29, 1.82) is 0 Å². The van der Waals surface area contributed by atoms with Gasteiger partial charge in [0.1, 0.15) is 11.6 Å². The third-order valence-electron chi connectivity index (χ3n) is 3.94. The highest BCUT2D eigenvalue weighted by Crippen LogP contribution is 2.34. The summed E-state index contributed by atoms with van der Waals surface area (Å²) in [6, 6.07) is 12.3. The van der Waals surface area contributed by atoms with Gasteiger partial charge < -0.3 is 5.32 Å². The molecule has 1 aliphatic heterocycles. The molecule has 2 aromatic rings. The fourth-order valence-corrected chi connectivity index (χ4v) is 2.90. The Labute approximate surface area is 134 Å². The molecule has 5 heteroatoms. The molecule has 1 unspecified atom stereocenters. The Morgan fingerprint density at radius 2 is 1.36 bits per heavy atom. The second-order valence-corrected chi connectivity index (χ2v) is 5.28. The molecule has 1 aliphatic rings. The zero-order valence-electron chi connectivity index (χ0n) is 11.8. The van der Waals surface area contributed by atoms with Crippen LogP contribution in [0.2, 0.25) is 0 Å². The SMILES string of the molecule is Cl.O=C1CNCC1C(c1ccc(F)cc1)c1ccc(F)cc1. The van der Waals surface area contributed by atoms with E-state index in [1.54, 1.807) is 24.3 Å². The van der Waals surface area contributed by atoms with Crippen LogP contribution in [0.1, 0.15) is 17.0 Å². The topological polar surface area (TPSA) is 29.1 Å². The maximum atomic E-state index is 13.1. The van der Waals surface area contributed by atoms with Crippen molar-refractivity contribution in [2.24, 2.45) is 5.92 Å². The first kappa shape index (κ1) is 16.6. The first-order valence-electron chi connectivity index (χ1n) is 6.89. The molecule has 0 spiro atoms. The number of Topliss-reactive ketones (excluding diaryl/α,β-unsaturated/α-hetero) is 1. The van der Waals surface area contributed by atoms with Gasteiger partial charge in [-0.3, -0.25) is 4.79 Å². The minimum Gasteiger partial charge on any atom is -0.309 e. The van der Waals surface area contributed by atoms with Crippen molar-refractivity contribution in [1.82, 2.24) is 5.32 Å². The Balaban J connectivity index is 0.00000176. The minimum atomic E-state index is -0.313. The third kappa shape index (κ3) is 3.34. The Kier molecular flexibility index (Phi) is 5.27. The van der Waals surface area contributed by atoms with E-state index >= 15 is 0 Å². The molecule has 22 heavy (non-hydrogen) atoms. The standard InChI is InChI=1S/C17H15F2NO.ClH/c18-13-5-1-11(2-6-13)17(15-9-20-10-16(15)21)12-3-7-14(19)8-4-12;/h1-8,15,17,20H,9-10H2;1H. The lowest BCUT2D eigenvalue weighted by molar-refractivity contribution is -0.119. The molecule has 1 N–H and O–H groups in total. The summed E-state index contributed by atoms with van der Waals surface area (Å²) in [6.07, 6.45) is 0. The van der Waals surface area contributed by atoms with Gasteiger partial charge in [-0.1, -0.05) is 24.3 Å². The lowest BCUT2D eigenvalue weighted by atomic mass is 9.80. The fraction of sp³-hybridized carbons (Fsp3) is 0.235. The number of rotatable bonds is 3. The predicted molar refractivity (Wildman–Crippen MR) is 83.3 cm³/mol. The van der Waals surface area contributed by atoms with E-state index in [9.17, 15) is 13.6 Å². The summed E-state index contributed by atoms with van der Waals surface area (Å²) in [5.74, 6) is -0.886. The van der Waals surface area contributed by atoms with E-state index in [2.05, 4.69) is 5.32 Å². The predicted octanol–water partition coefficient (Wildman–Crippen LogP) is 3.31. The summed E-state index contributed by atoms with van der Waals surface area (Å²) < 4.78 is 26.3. The van der Waals surface area contributed by atoms with Gasteiger partial charge in [-0.15, -0.1) is 12.4 Å². The lowest BCUT2D eigenvalue weighted by Crippen LogP contribution is -2.22. The van der Waals surface area contributed by atoms with Crippen molar-refractivity contribution >= 4 is 18.2 Å². The zero-order valence-corrected chi connectivity index (χ0v) is 12.6. The van der Waals surface area contributed by atoms with Crippen molar-refractivity contribution in [3.05, 3.63) is 71.3 Å². The molecule has 116 valence electrons. The molecule has 0 radical (unpaired) electrons. The first-order chi connectivity index (χ1) is 10.1. The molecular weight excluding hydrogens is 308 g/mol. The monoisotopic (exact) mass is 323 g/mol. The van der Waals surface area contributed by atoms with E-state index in [0.29, 0.717) is 13.1 Å². The van der Waals surface area contributed by atoms with Crippen molar-refractivity contribution in [3.63, 3.8) is 0 Å². The van der Waals surface area contributed by atoms with Crippen molar-refractivity contribution in [2.75, 3.05) is 13.1 Å². The Morgan fingerprint density at radius 1 is 0.909 bits per heavy atom. The fourth-order valence-electron chi connectivity index (χ4n) is 2.90. The Bertz CT molecular complexity index is 597. The second kappa shape index (κ2) is 6.99. The first-order valence-corrected chi connectivity index (χ1v) is 6.89. The van der Waals surface area contributed by atoms with Crippen LogP contribution in [0.3, 0.4) is 0 Å². The van der Waals surface area contributed by atoms with E-state index < -0.39 is 0 Å². The highest BCUT2D eigenvalue weighted by atomic mass is 35.5. The number of carbonyl (C=O) groups excluding carboxylic acids is 1. The quantitative estimate of drug-likeness (QED) is 0.939. The molecule has 0 aliphatic carbocycles. The highest BCUT2D eigenvalue weighted by molar-refractivity contribution is 5.86. The second-order valence-electron chi connectivity index (χ2n) is 5.28. The summed E-state index contributed by atoms with van der Waals surface area (Å²) in [7, 11) is 0. The molecule has 1 heterocycles. The van der Waals surface area contributed by atoms with Crippen LogP contribution in [-0.4, -0.2) is 18.9 Å². The van der Waals surface area contributed by atoms with E-state index in [0.717, 1.165) is 11.1 Å². The maximum absolute atomic E-state index is 13.1.